The summed E-state index contributed by atoms with van der Waals surface area (Å²) in [5.74, 6) is 0.664. The molecule has 6 nitrogen and oxygen atoms in total. The van der Waals surface area contributed by atoms with Gasteiger partial charge in [0.15, 0.2) is 5.82 Å². The van der Waals surface area contributed by atoms with E-state index in [1.165, 1.54) is 11.3 Å². The molecule has 33 heavy (non-hydrogen) atoms. The molecule has 0 saturated carbocycles. The van der Waals surface area contributed by atoms with Crippen molar-refractivity contribution in [2.75, 3.05) is 5.32 Å². The van der Waals surface area contributed by atoms with E-state index in [4.69, 9.17) is 0 Å². The highest BCUT2D eigenvalue weighted by Crippen LogP contribution is 2.28. The summed E-state index contributed by atoms with van der Waals surface area (Å²) in [5, 5.41) is 5.24. The zero-order valence-corrected chi connectivity index (χ0v) is 19.5. The number of para-hydroxylation sites is 1. The monoisotopic (exact) mass is 455 g/mol. The SMILES string of the molecule is CCCCc1cccc2cc(C(C)Nc3ncnc4scnc34)n(-c3ccccc3)c(=O)c12. The molecule has 7 heteroatoms. The fourth-order valence-electron chi connectivity index (χ4n) is 4.27. The molecule has 0 aliphatic carbocycles. The fraction of sp³-hybridized carbons (Fsp3) is 0.231. The zero-order chi connectivity index (χ0) is 22.8. The number of hydrogen-bond acceptors (Lipinski definition) is 6. The number of fused-ring (bicyclic) bond motifs is 2. The maximum absolute atomic E-state index is 14.0. The highest BCUT2D eigenvalue weighted by molar-refractivity contribution is 7.16. The number of pyridine rings is 1. The Kier molecular flexibility index (Phi) is 5.88. The van der Waals surface area contributed by atoms with Gasteiger partial charge >= 0.3 is 0 Å². The van der Waals surface area contributed by atoms with Crippen molar-refractivity contribution in [3.05, 3.63) is 88.0 Å². The second-order valence-corrected chi connectivity index (χ2v) is 8.96. The number of anilines is 1. The molecule has 5 rings (SSSR count). The van der Waals surface area contributed by atoms with Crippen LogP contribution in [0.15, 0.2) is 71.2 Å². The average molecular weight is 456 g/mol. The minimum Gasteiger partial charge on any atom is -0.360 e. The first-order valence-corrected chi connectivity index (χ1v) is 12.1. The molecular weight excluding hydrogens is 430 g/mol. The van der Waals surface area contributed by atoms with Crippen molar-refractivity contribution in [1.29, 1.82) is 0 Å². The van der Waals surface area contributed by atoms with E-state index in [9.17, 15) is 4.79 Å². The van der Waals surface area contributed by atoms with Crippen LogP contribution in [0.4, 0.5) is 5.82 Å². The molecule has 1 unspecified atom stereocenters. The minimum atomic E-state index is -0.193. The summed E-state index contributed by atoms with van der Waals surface area (Å²) in [5.41, 5.74) is 5.34. The summed E-state index contributed by atoms with van der Waals surface area (Å²) in [6.07, 6.45) is 4.58. The van der Waals surface area contributed by atoms with E-state index >= 15 is 0 Å². The Bertz CT molecular complexity index is 1480. The Balaban J connectivity index is 1.69. The van der Waals surface area contributed by atoms with E-state index < -0.39 is 0 Å². The molecular formula is C26H25N5OS. The lowest BCUT2D eigenvalue weighted by atomic mass is 9.99. The molecule has 0 radical (unpaired) electrons. The topological polar surface area (TPSA) is 72.7 Å². The molecule has 166 valence electrons. The quantitative estimate of drug-likeness (QED) is 0.330. The van der Waals surface area contributed by atoms with Crippen LogP contribution in [-0.4, -0.2) is 19.5 Å². The lowest BCUT2D eigenvalue weighted by molar-refractivity contribution is 0.770. The van der Waals surface area contributed by atoms with Gasteiger partial charge in [-0.2, -0.15) is 0 Å². The smallest absolute Gasteiger partial charge is 0.263 e. The van der Waals surface area contributed by atoms with Crippen LogP contribution in [0.25, 0.3) is 26.8 Å². The Labute approximate surface area is 196 Å². The van der Waals surface area contributed by atoms with Gasteiger partial charge in [-0.3, -0.25) is 9.36 Å². The van der Waals surface area contributed by atoms with Crippen molar-refractivity contribution in [3.63, 3.8) is 0 Å². The lowest BCUT2D eigenvalue weighted by Crippen LogP contribution is -2.26. The van der Waals surface area contributed by atoms with E-state index in [2.05, 4.69) is 39.3 Å². The maximum Gasteiger partial charge on any atom is 0.263 e. The highest BCUT2D eigenvalue weighted by Gasteiger charge is 2.19. The van der Waals surface area contributed by atoms with Gasteiger partial charge in [0.05, 0.1) is 16.9 Å². The number of thiazole rings is 1. The number of rotatable bonds is 7. The van der Waals surface area contributed by atoms with E-state index in [1.54, 1.807) is 11.8 Å². The lowest BCUT2D eigenvalue weighted by Gasteiger charge is -2.22. The van der Waals surface area contributed by atoms with E-state index in [1.807, 2.05) is 54.0 Å². The van der Waals surface area contributed by atoms with Gasteiger partial charge in [0.25, 0.3) is 5.56 Å². The van der Waals surface area contributed by atoms with Crippen LogP contribution in [0.3, 0.4) is 0 Å². The van der Waals surface area contributed by atoms with Gasteiger partial charge in [0, 0.05) is 11.4 Å². The molecule has 2 aromatic carbocycles. The van der Waals surface area contributed by atoms with Gasteiger partial charge in [0.1, 0.15) is 16.7 Å². The van der Waals surface area contributed by atoms with Crippen LogP contribution in [0.5, 0.6) is 0 Å². The Morgan fingerprint density at radius 3 is 2.73 bits per heavy atom. The first-order valence-electron chi connectivity index (χ1n) is 11.2. The van der Waals surface area contributed by atoms with Crippen molar-refractivity contribution in [2.24, 2.45) is 0 Å². The Hall–Kier alpha value is -3.58. The third-order valence-corrected chi connectivity index (χ3v) is 6.64. The van der Waals surface area contributed by atoms with Crippen LogP contribution in [0, 0.1) is 0 Å². The van der Waals surface area contributed by atoms with Gasteiger partial charge in [-0.1, -0.05) is 49.7 Å². The van der Waals surface area contributed by atoms with Crippen LogP contribution >= 0.6 is 11.3 Å². The molecule has 3 aromatic heterocycles. The number of aromatic nitrogens is 4. The molecule has 0 fully saturated rings. The molecule has 3 heterocycles. The number of hydrogen-bond donors (Lipinski definition) is 1. The summed E-state index contributed by atoms with van der Waals surface area (Å²) in [6.45, 7) is 4.21. The molecule has 5 aromatic rings. The van der Waals surface area contributed by atoms with Crippen molar-refractivity contribution < 1.29 is 0 Å². The van der Waals surface area contributed by atoms with Crippen molar-refractivity contribution in [3.8, 4) is 5.69 Å². The first-order chi connectivity index (χ1) is 16.2. The molecule has 1 N–H and O–H groups in total. The molecule has 0 aliphatic heterocycles. The normalized spacial score (nSPS) is 12.3. The molecule has 0 bridgehead atoms. The van der Waals surface area contributed by atoms with Gasteiger partial charge < -0.3 is 5.32 Å². The average Bonchev–Trinajstić information content (AvgIpc) is 3.33. The van der Waals surface area contributed by atoms with Gasteiger partial charge in [0.2, 0.25) is 0 Å². The fourth-order valence-corrected chi connectivity index (χ4v) is 4.90. The number of aryl methyl sites for hydroxylation is 1. The second kappa shape index (κ2) is 9.11. The summed E-state index contributed by atoms with van der Waals surface area (Å²) in [6, 6.07) is 17.9. The largest absolute Gasteiger partial charge is 0.360 e. The summed E-state index contributed by atoms with van der Waals surface area (Å²) < 4.78 is 1.83. The van der Waals surface area contributed by atoms with Crippen molar-refractivity contribution in [1.82, 2.24) is 19.5 Å². The van der Waals surface area contributed by atoms with Gasteiger partial charge in [-0.25, -0.2) is 15.0 Å². The number of nitrogens with one attached hydrogen (secondary N) is 1. The predicted octanol–water partition coefficient (Wildman–Crippen LogP) is 5.91. The molecule has 0 saturated heterocycles. The van der Waals surface area contributed by atoms with E-state index in [0.717, 1.165) is 57.3 Å². The number of nitrogens with zero attached hydrogens (tertiary/aromatic N) is 4. The van der Waals surface area contributed by atoms with Gasteiger partial charge in [-0.05, 0) is 48.9 Å². The maximum atomic E-state index is 14.0. The summed E-state index contributed by atoms with van der Waals surface area (Å²) in [4.78, 5) is 27.9. The molecule has 0 spiro atoms. The Morgan fingerprint density at radius 2 is 1.91 bits per heavy atom. The van der Waals surface area contributed by atoms with Crippen LogP contribution in [-0.2, 0) is 6.42 Å². The second-order valence-electron chi connectivity index (χ2n) is 8.12. The van der Waals surface area contributed by atoms with Gasteiger partial charge in [-0.15, -0.1) is 11.3 Å². The molecule has 1 atom stereocenters. The number of unbranched alkanes of at least 4 members (excludes halogenated alkanes) is 1. The standard InChI is InChI=1S/C26H25N5OS/c1-3-4-9-18-10-8-11-19-14-21(31(26(32)22(18)19)20-12-6-5-7-13-20)17(2)30-24-23-25(28-15-27-24)33-16-29-23/h5-8,10-17H,3-4,9H2,1-2H3,(H,27,28,30). The zero-order valence-electron chi connectivity index (χ0n) is 18.7. The predicted molar refractivity (Wildman–Crippen MR) is 135 cm³/mol. The molecule has 0 amide bonds. The number of benzene rings is 2. The van der Waals surface area contributed by atoms with E-state index in [0.29, 0.717) is 5.82 Å². The minimum absolute atomic E-state index is 0.00976. The summed E-state index contributed by atoms with van der Waals surface area (Å²) in [7, 11) is 0. The van der Waals surface area contributed by atoms with Crippen LogP contribution in [0.1, 0.15) is 44.0 Å². The third kappa shape index (κ3) is 4.00. The van der Waals surface area contributed by atoms with Crippen LogP contribution < -0.4 is 10.9 Å². The van der Waals surface area contributed by atoms with Crippen LogP contribution in [0.2, 0.25) is 0 Å². The van der Waals surface area contributed by atoms with Crippen molar-refractivity contribution in [2.45, 2.75) is 39.2 Å². The highest BCUT2D eigenvalue weighted by atomic mass is 32.1. The van der Waals surface area contributed by atoms with E-state index in [-0.39, 0.29) is 11.6 Å². The molecule has 0 aliphatic rings. The van der Waals surface area contributed by atoms with Crippen molar-refractivity contribution >= 4 is 38.3 Å². The Morgan fingerprint density at radius 1 is 1.06 bits per heavy atom. The first kappa shape index (κ1) is 21.3. The summed E-state index contributed by atoms with van der Waals surface area (Å²) >= 11 is 1.48. The third-order valence-electron chi connectivity index (χ3n) is 5.91.